The van der Waals surface area contributed by atoms with Crippen LogP contribution in [0.5, 0.6) is 0 Å². The van der Waals surface area contributed by atoms with Crippen molar-refractivity contribution in [3.05, 3.63) is 23.8 Å². The van der Waals surface area contributed by atoms with Crippen LogP contribution in [0.25, 0.3) is 0 Å². The molecule has 2 rings (SSSR count). The van der Waals surface area contributed by atoms with Gasteiger partial charge in [0.05, 0.1) is 29.9 Å². The van der Waals surface area contributed by atoms with Gasteiger partial charge in [-0.2, -0.15) is 0 Å². The molecule has 7 nitrogen and oxygen atoms in total. The van der Waals surface area contributed by atoms with Gasteiger partial charge in [-0.3, -0.25) is 21.2 Å². The molecule has 2 atom stereocenters. The zero-order chi connectivity index (χ0) is 15.5. The van der Waals surface area contributed by atoms with Crippen molar-refractivity contribution in [2.45, 2.75) is 32.2 Å². The molecule has 0 spiro atoms. The van der Waals surface area contributed by atoms with Crippen LogP contribution in [0.15, 0.2) is 12.4 Å². The maximum absolute atomic E-state index is 11.7. The lowest BCUT2D eigenvalue weighted by molar-refractivity contribution is 0.237. The van der Waals surface area contributed by atoms with E-state index in [4.69, 9.17) is 5.84 Å². The largest absolute Gasteiger partial charge is 0.271 e. The lowest BCUT2D eigenvalue weighted by atomic mass is 9.91. The number of rotatable bonds is 5. The molecular weight excluding hydrogens is 290 g/mol. The molecule has 1 aromatic rings. The van der Waals surface area contributed by atoms with E-state index in [0.717, 1.165) is 30.7 Å². The minimum absolute atomic E-state index is 0.109. The van der Waals surface area contributed by atoms with Crippen molar-refractivity contribution in [2.75, 3.05) is 19.3 Å². The SMILES string of the molecule is Cc1cnc(C(CC2CCCN(S(C)(=O)=O)C2)NN)cn1. The number of nitrogens with two attached hydrogens (primary N) is 1. The number of hydrazine groups is 1. The van der Waals surface area contributed by atoms with Crippen LogP contribution in [-0.4, -0.2) is 42.0 Å². The minimum Gasteiger partial charge on any atom is -0.271 e. The quantitative estimate of drug-likeness (QED) is 0.601. The van der Waals surface area contributed by atoms with Crippen molar-refractivity contribution in [3.63, 3.8) is 0 Å². The molecule has 1 aliphatic heterocycles. The average molecular weight is 313 g/mol. The van der Waals surface area contributed by atoms with Gasteiger partial charge in [0.15, 0.2) is 0 Å². The molecule has 1 saturated heterocycles. The van der Waals surface area contributed by atoms with E-state index in [1.165, 1.54) is 6.26 Å². The Morgan fingerprint density at radius 3 is 2.81 bits per heavy atom. The molecule has 1 aromatic heterocycles. The van der Waals surface area contributed by atoms with Crippen LogP contribution in [0.2, 0.25) is 0 Å². The minimum atomic E-state index is -3.12. The molecule has 0 aromatic carbocycles. The van der Waals surface area contributed by atoms with Crippen LogP contribution in [0.1, 0.15) is 36.7 Å². The van der Waals surface area contributed by atoms with Gasteiger partial charge < -0.3 is 0 Å². The monoisotopic (exact) mass is 313 g/mol. The Balaban J connectivity index is 2.03. The molecule has 0 bridgehead atoms. The Labute approximate surface area is 126 Å². The second-order valence-electron chi connectivity index (χ2n) is 5.67. The normalized spacial score (nSPS) is 22.1. The highest BCUT2D eigenvalue weighted by atomic mass is 32.2. The zero-order valence-electron chi connectivity index (χ0n) is 12.5. The van der Waals surface area contributed by atoms with Crippen molar-refractivity contribution >= 4 is 10.0 Å². The van der Waals surface area contributed by atoms with Gasteiger partial charge in [0.1, 0.15) is 0 Å². The fraction of sp³-hybridized carbons (Fsp3) is 0.692. The van der Waals surface area contributed by atoms with E-state index >= 15 is 0 Å². The topological polar surface area (TPSA) is 101 Å². The van der Waals surface area contributed by atoms with E-state index in [1.54, 1.807) is 16.7 Å². The fourth-order valence-corrected chi connectivity index (χ4v) is 3.65. The van der Waals surface area contributed by atoms with Gasteiger partial charge in [0.25, 0.3) is 0 Å². The van der Waals surface area contributed by atoms with Gasteiger partial charge in [-0.1, -0.05) is 0 Å². The third-order valence-corrected chi connectivity index (χ3v) is 5.15. The zero-order valence-corrected chi connectivity index (χ0v) is 13.3. The average Bonchev–Trinajstić information content (AvgIpc) is 2.45. The Bertz CT molecular complexity index is 560. The van der Waals surface area contributed by atoms with Crippen LogP contribution in [0, 0.1) is 12.8 Å². The molecule has 21 heavy (non-hydrogen) atoms. The van der Waals surface area contributed by atoms with Crippen molar-refractivity contribution in [1.82, 2.24) is 19.7 Å². The standard InChI is InChI=1S/C13H23N5O2S/c1-10-7-16-13(8-15-10)12(17-14)6-11-4-3-5-18(9-11)21(2,19)20/h7-8,11-12,17H,3-6,9,14H2,1-2H3. The van der Waals surface area contributed by atoms with Crippen LogP contribution >= 0.6 is 0 Å². The summed E-state index contributed by atoms with van der Waals surface area (Å²) in [6.07, 6.45) is 7.33. The van der Waals surface area contributed by atoms with Gasteiger partial charge in [0.2, 0.25) is 10.0 Å². The summed E-state index contributed by atoms with van der Waals surface area (Å²) in [4.78, 5) is 8.58. The van der Waals surface area contributed by atoms with Crippen LogP contribution < -0.4 is 11.3 Å². The lowest BCUT2D eigenvalue weighted by Gasteiger charge is -2.32. The predicted octanol–water partition coefficient (Wildman–Crippen LogP) is 0.351. The van der Waals surface area contributed by atoms with Gasteiger partial charge in [0, 0.05) is 19.3 Å². The molecule has 8 heteroatoms. The summed E-state index contributed by atoms with van der Waals surface area (Å²) in [5, 5.41) is 0. The van der Waals surface area contributed by atoms with Crippen molar-refractivity contribution in [3.8, 4) is 0 Å². The highest BCUT2D eigenvalue weighted by Crippen LogP contribution is 2.27. The number of aromatic nitrogens is 2. The molecule has 1 aliphatic rings. The third kappa shape index (κ3) is 4.44. The third-order valence-electron chi connectivity index (χ3n) is 3.88. The Morgan fingerprint density at radius 2 is 2.24 bits per heavy atom. The van der Waals surface area contributed by atoms with Crippen LogP contribution in [0.4, 0.5) is 0 Å². The second-order valence-corrected chi connectivity index (χ2v) is 7.65. The molecule has 0 amide bonds. The number of nitrogens with one attached hydrogen (secondary N) is 1. The van der Waals surface area contributed by atoms with Gasteiger partial charge in [-0.25, -0.2) is 12.7 Å². The molecular formula is C13H23N5O2S. The molecule has 3 N–H and O–H groups in total. The first-order chi connectivity index (χ1) is 9.90. The number of hydrogen-bond acceptors (Lipinski definition) is 6. The number of nitrogens with zero attached hydrogens (tertiary/aromatic N) is 3. The van der Waals surface area contributed by atoms with E-state index in [9.17, 15) is 8.42 Å². The van der Waals surface area contributed by atoms with Gasteiger partial charge in [-0.15, -0.1) is 0 Å². The summed E-state index contributed by atoms with van der Waals surface area (Å²) in [5.74, 6) is 5.91. The number of aryl methyl sites for hydroxylation is 1. The summed E-state index contributed by atoms with van der Waals surface area (Å²) < 4.78 is 24.9. The fourth-order valence-electron chi connectivity index (χ4n) is 2.71. The first-order valence-corrected chi connectivity index (χ1v) is 8.94. The molecule has 2 unspecified atom stereocenters. The molecule has 0 saturated carbocycles. The predicted molar refractivity (Wildman–Crippen MR) is 80.6 cm³/mol. The summed E-state index contributed by atoms with van der Waals surface area (Å²) >= 11 is 0. The highest BCUT2D eigenvalue weighted by molar-refractivity contribution is 7.88. The van der Waals surface area contributed by atoms with Crippen molar-refractivity contribution < 1.29 is 8.42 Å². The Kier molecular flexibility index (Phi) is 5.26. The van der Waals surface area contributed by atoms with E-state index in [-0.39, 0.29) is 12.0 Å². The summed E-state index contributed by atoms with van der Waals surface area (Å²) in [6, 6.07) is -0.109. The number of hydrogen-bond donors (Lipinski definition) is 2. The van der Waals surface area contributed by atoms with E-state index in [1.807, 2.05) is 6.92 Å². The van der Waals surface area contributed by atoms with E-state index in [0.29, 0.717) is 13.1 Å². The maximum Gasteiger partial charge on any atom is 0.211 e. The van der Waals surface area contributed by atoms with E-state index < -0.39 is 10.0 Å². The van der Waals surface area contributed by atoms with Crippen LogP contribution in [0.3, 0.4) is 0 Å². The maximum atomic E-state index is 11.7. The van der Waals surface area contributed by atoms with Crippen molar-refractivity contribution in [2.24, 2.45) is 11.8 Å². The molecule has 118 valence electrons. The van der Waals surface area contributed by atoms with Crippen LogP contribution in [-0.2, 0) is 10.0 Å². The first kappa shape index (κ1) is 16.3. The highest BCUT2D eigenvalue weighted by Gasteiger charge is 2.28. The first-order valence-electron chi connectivity index (χ1n) is 7.10. The second kappa shape index (κ2) is 6.78. The molecule has 0 radical (unpaired) electrons. The number of piperidine rings is 1. The Morgan fingerprint density at radius 1 is 1.48 bits per heavy atom. The summed E-state index contributed by atoms with van der Waals surface area (Å²) in [7, 11) is -3.12. The lowest BCUT2D eigenvalue weighted by Crippen LogP contribution is -2.41. The summed E-state index contributed by atoms with van der Waals surface area (Å²) in [6.45, 7) is 3.05. The smallest absolute Gasteiger partial charge is 0.211 e. The van der Waals surface area contributed by atoms with E-state index in [2.05, 4.69) is 15.4 Å². The van der Waals surface area contributed by atoms with Crippen molar-refractivity contribution in [1.29, 1.82) is 0 Å². The number of sulfonamides is 1. The summed E-state index contributed by atoms with van der Waals surface area (Å²) in [5.41, 5.74) is 4.42. The molecule has 2 heterocycles. The molecule has 0 aliphatic carbocycles. The van der Waals surface area contributed by atoms with Gasteiger partial charge in [-0.05, 0) is 32.1 Å². The molecule has 1 fully saturated rings. The van der Waals surface area contributed by atoms with Gasteiger partial charge >= 0.3 is 0 Å². The Hall–Kier alpha value is -1.09.